The second kappa shape index (κ2) is 7.40. The number of aliphatic hydroxyl groups is 1. The summed E-state index contributed by atoms with van der Waals surface area (Å²) in [5.41, 5.74) is 4.04. The summed E-state index contributed by atoms with van der Waals surface area (Å²) in [5.74, 6) is 0. The van der Waals surface area contributed by atoms with Gasteiger partial charge in [-0.3, -0.25) is 0 Å². The van der Waals surface area contributed by atoms with Gasteiger partial charge in [-0.05, 0) is 0 Å². The molecule has 3 nitrogen and oxygen atoms in total. The van der Waals surface area contributed by atoms with Gasteiger partial charge in [0.25, 0.3) is 0 Å². The molecule has 0 saturated carbocycles. The summed E-state index contributed by atoms with van der Waals surface area (Å²) in [5, 5.41) is 11.8. The molecule has 4 heteroatoms. The molecule has 0 spiro atoms. The SMILES string of the molecule is Cc1cc(-c2ccc([C]#[Ni])cc2)ccc1C(O)(c1cncnc1)C(C)(C)C. The Bertz CT molecular complexity index is 986. The van der Waals surface area contributed by atoms with Crippen LogP contribution in [0, 0.1) is 17.1 Å². The second-order valence-electron chi connectivity index (χ2n) is 7.77. The van der Waals surface area contributed by atoms with Crippen molar-refractivity contribution in [1.29, 1.82) is 0 Å². The minimum absolute atomic E-state index is 0.443. The standard InChI is InChI=1S/C23H23N2O.Ni/c1-16-6-8-18(9-7-16)19-10-11-21(17(2)12-19)23(26,22(3,4)5)20-13-24-15-25-14-20;/h6-15,26H,2-5H3;. The Morgan fingerprint density at radius 1 is 0.926 bits per heavy atom. The number of benzene rings is 2. The van der Waals surface area contributed by atoms with Gasteiger partial charge in [-0.15, -0.1) is 0 Å². The first-order valence-electron chi connectivity index (χ1n) is 8.80. The summed E-state index contributed by atoms with van der Waals surface area (Å²) in [6.07, 6.45) is 4.85. The van der Waals surface area contributed by atoms with Gasteiger partial charge in [-0.25, -0.2) is 9.97 Å². The molecule has 0 aliphatic heterocycles. The molecule has 141 valence electrons. The van der Waals surface area contributed by atoms with E-state index in [4.69, 9.17) is 0 Å². The molecular formula is C23H23N2NiO. The Kier molecular flexibility index (Phi) is 5.35. The zero-order valence-electron chi connectivity index (χ0n) is 15.9. The molecule has 1 aromatic heterocycles. The maximum absolute atomic E-state index is 11.8. The molecule has 0 saturated heterocycles. The van der Waals surface area contributed by atoms with Crippen LogP contribution in [-0.2, 0) is 20.4 Å². The molecule has 0 amide bonds. The fraction of sp³-hybridized carbons (Fsp3) is 0.261. The first-order chi connectivity index (χ1) is 12.8. The Hall–Kier alpha value is -2.25. The summed E-state index contributed by atoms with van der Waals surface area (Å²) in [6, 6.07) is 14.2. The predicted molar refractivity (Wildman–Crippen MR) is 104 cm³/mol. The van der Waals surface area contributed by atoms with E-state index in [2.05, 4.69) is 35.7 Å². The molecule has 0 aliphatic carbocycles. The number of aromatic nitrogens is 2. The van der Waals surface area contributed by atoms with E-state index in [0.717, 1.165) is 27.8 Å². The van der Waals surface area contributed by atoms with Crippen molar-refractivity contribution in [3.8, 4) is 15.9 Å². The van der Waals surface area contributed by atoms with Gasteiger partial charge >= 0.3 is 152 Å². The van der Waals surface area contributed by atoms with E-state index in [9.17, 15) is 5.11 Å². The fourth-order valence-electron chi connectivity index (χ4n) is 3.44. The van der Waals surface area contributed by atoms with Gasteiger partial charge in [0, 0.05) is 0 Å². The molecule has 1 unspecified atom stereocenters. The molecule has 3 rings (SSSR count). The Labute approximate surface area is 168 Å². The van der Waals surface area contributed by atoms with Crippen LogP contribution in [0.3, 0.4) is 0 Å². The Morgan fingerprint density at radius 2 is 1.52 bits per heavy atom. The van der Waals surface area contributed by atoms with Gasteiger partial charge in [-0.1, -0.05) is 0 Å². The normalized spacial score (nSPS) is 13.7. The van der Waals surface area contributed by atoms with E-state index in [0.29, 0.717) is 5.56 Å². The summed E-state index contributed by atoms with van der Waals surface area (Å²) < 4.78 is 0. The van der Waals surface area contributed by atoms with Crippen molar-refractivity contribution in [1.82, 2.24) is 9.97 Å². The zero-order valence-corrected chi connectivity index (χ0v) is 16.9. The van der Waals surface area contributed by atoms with Crippen molar-refractivity contribution in [2.75, 3.05) is 0 Å². The van der Waals surface area contributed by atoms with Gasteiger partial charge < -0.3 is 0 Å². The van der Waals surface area contributed by atoms with Crippen LogP contribution < -0.4 is 0 Å². The molecule has 2 aromatic carbocycles. The third-order valence-corrected chi connectivity index (χ3v) is 5.27. The predicted octanol–water partition coefficient (Wildman–Crippen LogP) is 4.59. The van der Waals surface area contributed by atoms with Crippen LogP contribution in [0.5, 0.6) is 0 Å². The van der Waals surface area contributed by atoms with E-state index in [-0.39, 0.29) is 0 Å². The number of aryl methyl sites for hydroxylation is 1. The van der Waals surface area contributed by atoms with E-state index < -0.39 is 11.0 Å². The molecular weight excluding hydrogens is 379 g/mol. The molecule has 1 heterocycles. The first kappa shape index (κ1) is 19.5. The number of hydrogen-bond acceptors (Lipinski definition) is 3. The van der Waals surface area contributed by atoms with Crippen molar-refractivity contribution in [2.45, 2.75) is 33.3 Å². The van der Waals surface area contributed by atoms with Crippen LogP contribution in [0.25, 0.3) is 11.1 Å². The van der Waals surface area contributed by atoms with Crippen molar-refractivity contribution in [3.63, 3.8) is 0 Å². The minimum atomic E-state index is -1.20. The Morgan fingerprint density at radius 3 is 2.04 bits per heavy atom. The van der Waals surface area contributed by atoms with Crippen LogP contribution in [0.15, 0.2) is 61.2 Å². The molecule has 1 N–H and O–H groups in total. The van der Waals surface area contributed by atoms with Gasteiger partial charge in [0.15, 0.2) is 0 Å². The van der Waals surface area contributed by atoms with Gasteiger partial charge in [-0.2, -0.15) is 0 Å². The number of nitrogens with zero attached hydrogens (tertiary/aromatic N) is 2. The maximum atomic E-state index is 11.8. The molecule has 0 fully saturated rings. The molecule has 0 bridgehead atoms. The topological polar surface area (TPSA) is 46.0 Å². The second-order valence-corrected chi connectivity index (χ2v) is 8.02. The number of rotatable bonds is 3. The fourth-order valence-corrected chi connectivity index (χ4v) is 3.61. The van der Waals surface area contributed by atoms with E-state index in [1.165, 1.54) is 6.33 Å². The van der Waals surface area contributed by atoms with Crippen LogP contribution >= 0.6 is 0 Å². The quantitative estimate of drug-likeness (QED) is 0.653. The van der Waals surface area contributed by atoms with Crippen LogP contribution in [-0.4, -0.2) is 15.1 Å². The van der Waals surface area contributed by atoms with Crippen molar-refractivity contribution < 1.29 is 19.9 Å². The van der Waals surface area contributed by atoms with Crippen LogP contribution in [0.2, 0.25) is 0 Å². The van der Waals surface area contributed by atoms with Crippen molar-refractivity contribution in [2.24, 2.45) is 5.41 Å². The van der Waals surface area contributed by atoms with Gasteiger partial charge in [0.1, 0.15) is 6.33 Å². The molecule has 3 aromatic rings. The summed E-state index contributed by atoms with van der Waals surface area (Å²) >= 11 is 4.56. The van der Waals surface area contributed by atoms with Gasteiger partial charge in [0.2, 0.25) is 0 Å². The van der Waals surface area contributed by atoms with Crippen LogP contribution in [0.4, 0.5) is 0 Å². The summed E-state index contributed by atoms with van der Waals surface area (Å²) in [6.45, 7) is 8.10. The van der Waals surface area contributed by atoms with E-state index in [1.54, 1.807) is 12.4 Å². The third kappa shape index (κ3) is 3.62. The summed E-state index contributed by atoms with van der Waals surface area (Å²) in [4.78, 5) is 11.0. The van der Waals surface area contributed by atoms with E-state index in [1.807, 2.05) is 64.1 Å². The van der Waals surface area contributed by atoms with E-state index >= 15 is 0 Å². The molecule has 27 heavy (non-hydrogen) atoms. The average Bonchev–Trinajstić information content (AvgIpc) is 2.67. The summed E-state index contributed by atoms with van der Waals surface area (Å²) in [7, 11) is 0. The zero-order chi connectivity index (χ0) is 19.7. The number of hydrogen-bond donors (Lipinski definition) is 1. The molecule has 1 atom stereocenters. The molecule has 0 aliphatic rings. The third-order valence-electron chi connectivity index (χ3n) is 4.99. The van der Waals surface area contributed by atoms with Crippen molar-refractivity contribution in [3.05, 3.63) is 83.4 Å². The van der Waals surface area contributed by atoms with Crippen molar-refractivity contribution >= 4 is 0 Å². The first-order valence-corrected chi connectivity index (χ1v) is 9.30. The Balaban J connectivity index is 2.11. The monoisotopic (exact) mass is 401 g/mol. The van der Waals surface area contributed by atoms with Gasteiger partial charge in [0.05, 0.1) is 0 Å². The average molecular weight is 402 g/mol. The molecule has 0 radical (unpaired) electrons. The van der Waals surface area contributed by atoms with Crippen LogP contribution in [0.1, 0.15) is 43.0 Å².